The predicted octanol–water partition coefficient (Wildman–Crippen LogP) is 3.36. The number of hydrogen-bond donors (Lipinski definition) is 2. The third-order valence-electron chi connectivity index (χ3n) is 4.52. The van der Waals surface area contributed by atoms with Crippen LogP contribution in [0.2, 0.25) is 0 Å². The number of fused-ring (bicyclic) bond motifs is 5. The molecule has 0 aromatic heterocycles. The number of nitrogens with one attached hydrogen (secondary N) is 2. The van der Waals surface area contributed by atoms with E-state index in [2.05, 4.69) is 32.6 Å². The van der Waals surface area contributed by atoms with Crippen molar-refractivity contribution >= 4 is 27.5 Å². The van der Waals surface area contributed by atoms with Crippen LogP contribution in [0.4, 0.5) is 10.1 Å². The maximum absolute atomic E-state index is 14.8. The Bertz CT molecular complexity index is 739. The molecule has 1 amide bonds. The van der Waals surface area contributed by atoms with Gasteiger partial charge in [-0.05, 0) is 17.5 Å². The minimum Gasteiger partial charge on any atom is -0.375 e. The maximum atomic E-state index is 14.8. The van der Waals surface area contributed by atoms with Crippen molar-refractivity contribution in [1.82, 2.24) is 5.32 Å². The Balaban J connectivity index is 2.01. The summed E-state index contributed by atoms with van der Waals surface area (Å²) in [6, 6.07) is 0.0581. The lowest BCUT2D eigenvalue weighted by molar-refractivity contribution is 0.0964. The predicted molar refractivity (Wildman–Crippen MR) is 83.2 cm³/mol. The molecule has 108 valence electrons. The van der Waals surface area contributed by atoms with E-state index < -0.39 is 0 Å². The summed E-state index contributed by atoms with van der Waals surface area (Å²) in [5.41, 5.74) is 3.54. The first-order chi connectivity index (χ1) is 10.1. The topological polar surface area (TPSA) is 41.1 Å². The van der Waals surface area contributed by atoms with Crippen molar-refractivity contribution in [2.75, 3.05) is 5.32 Å². The third kappa shape index (κ3) is 1.67. The monoisotopic (exact) mass is 348 g/mol. The number of allylic oxidation sites excluding steroid dienone is 2. The number of carbonyl (C=O) groups excluding carboxylic acids is 1. The zero-order valence-electron chi connectivity index (χ0n) is 11.5. The quantitative estimate of drug-likeness (QED) is 0.816. The number of amides is 1. The van der Waals surface area contributed by atoms with Crippen molar-refractivity contribution in [2.45, 2.75) is 31.8 Å². The first kappa shape index (κ1) is 13.1. The molecule has 1 aliphatic carbocycles. The van der Waals surface area contributed by atoms with Gasteiger partial charge in [-0.1, -0.05) is 41.1 Å². The summed E-state index contributed by atoms with van der Waals surface area (Å²) in [6.45, 7) is 2.37. The van der Waals surface area contributed by atoms with E-state index in [1.165, 1.54) is 0 Å². The molecule has 2 unspecified atom stereocenters. The normalized spacial score (nSPS) is 24.9. The average molecular weight is 349 g/mol. The van der Waals surface area contributed by atoms with E-state index in [4.69, 9.17) is 0 Å². The summed E-state index contributed by atoms with van der Waals surface area (Å²) >= 11 is 3.49. The van der Waals surface area contributed by atoms with Crippen LogP contribution in [0.25, 0.3) is 0 Å². The molecule has 2 aliphatic heterocycles. The fourth-order valence-electron chi connectivity index (χ4n) is 3.62. The van der Waals surface area contributed by atoms with Crippen LogP contribution in [-0.4, -0.2) is 11.9 Å². The smallest absolute Gasteiger partial charge is 0.252 e. The Morgan fingerprint density at radius 2 is 2.29 bits per heavy atom. The van der Waals surface area contributed by atoms with Crippen LogP contribution in [0.1, 0.15) is 39.9 Å². The van der Waals surface area contributed by atoms with Gasteiger partial charge >= 0.3 is 0 Å². The van der Waals surface area contributed by atoms with Crippen LogP contribution in [0.3, 0.4) is 0 Å². The Labute approximate surface area is 130 Å². The largest absolute Gasteiger partial charge is 0.375 e. The molecule has 2 atom stereocenters. The van der Waals surface area contributed by atoms with Crippen molar-refractivity contribution in [1.29, 1.82) is 0 Å². The second-order valence-corrected chi connectivity index (χ2v) is 6.49. The number of hydrogen-bond acceptors (Lipinski definition) is 2. The molecule has 1 aromatic rings. The van der Waals surface area contributed by atoms with Gasteiger partial charge in [0.1, 0.15) is 0 Å². The first-order valence-electron chi connectivity index (χ1n) is 7.09. The van der Waals surface area contributed by atoms with Crippen molar-refractivity contribution in [3.8, 4) is 0 Å². The van der Waals surface area contributed by atoms with Gasteiger partial charge in [0, 0.05) is 22.5 Å². The SMILES string of the molecule is CCc1c(F)c2c(c3c1C(=O)NC3)C1C=C(Br)C=CC1N2. The summed E-state index contributed by atoms with van der Waals surface area (Å²) in [7, 11) is 0. The van der Waals surface area contributed by atoms with Crippen molar-refractivity contribution < 1.29 is 9.18 Å². The zero-order chi connectivity index (χ0) is 14.7. The molecule has 0 saturated heterocycles. The Morgan fingerprint density at radius 1 is 1.48 bits per heavy atom. The molecule has 3 nitrogen and oxygen atoms in total. The van der Waals surface area contributed by atoms with E-state index in [1.54, 1.807) is 0 Å². The molecule has 0 spiro atoms. The molecule has 0 bridgehead atoms. The highest BCUT2D eigenvalue weighted by atomic mass is 79.9. The Hall–Kier alpha value is -1.62. The van der Waals surface area contributed by atoms with Crippen LogP contribution in [0.5, 0.6) is 0 Å². The molecular weight excluding hydrogens is 335 g/mol. The highest BCUT2D eigenvalue weighted by Gasteiger charge is 2.40. The van der Waals surface area contributed by atoms with Gasteiger partial charge in [0.05, 0.1) is 17.3 Å². The van der Waals surface area contributed by atoms with Crippen molar-refractivity contribution in [2.24, 2.45) is 0 Å². The Morgan fingerprint density at radius 3 is 3.05 bits per heavy atom. The lowest BCUT2D eigenvalue weighted by Crippen LogP contribution is -2.19. The molecule has 5 heteroatoms. The number of anilines is 1. The van der Waals surface area contributed by atoms with Crippen LogP contribution in [0, 0.1) is 5.82 Å². The number of halogens is 2. The fraction of sp³-hybridized carbons (Fsp3) is 0.312. The molecule has 3 aliphatic rings. The zero-order valence-corrected chi connectivity index (χ0v) is 13.1. The standard InChI is InChI=1S/C16H14BrFN2O/c1-2-8-13-10(6-19-16(13)21)12-9-5-7(17)3-4-11(9)20-15(12)14(8)18/h3-5,9,11,20H,2,6H2,1H3,(H,19,21). The van der Waals surface area contributed by atoms with Gasteiger partial charge in [0.15, 0.2) is 5.82 Å². The maximum Gasteiger partial charge on any atom is 0.252 e. The van der Waals surface area contributed by atoms with E-state index in [0.29, 0.717) is 29.8 Å². The minimum absolute atomic E-state index is 0.0581. The van der Waals surface area contributed by atoms with E-state index in [9.17, 15) is 9.18 Å². The van der Waals surface area contributed by atoms with Gasteiger partial charge in [0.2, 0.25) is 0 Å². The van der Waals surface area contributed by atoms with Gasteiger partial charge in [-0.25, -0.2) is 4.39 Å². The van der Waals surface area contributed by atoms with E-state index in [-0.39, 0.29) is 23.7 Å². The summed E-state index contributed by atoms with van der Waals surface area (Å²) in [5, 5.41) is 6.12. The lowest BCUT2D eigenvalue weighted by atomic mass is 9.85. The summed E-state index contributed by atoms with van der Waals surface area (Å²) in [5.74, 6) is -0.349. The molecule has 0 radical (unpaired) electrons. The summed E-state index contributed by atoms with van der Waals surface area (Å²) < 4.78 is 15.8. The molecule has 2 N–H and O–H groups in total. The van der Waals surface area contributed by atoms with Gasteiger partial charge in [-0.15, -0.1) is 0 Å². The van der Waals surface area contributed by atoms with E-state index in [0.717, 1.165) is 15.6 Å². The summed E-state index contributed by atoms with van der Waals surface area (Å²) in [4.78, 5) is 12.1. The van der Waals surface area contributed by atoms with Gasteiger partial charge < -0.3 is 10.6 Å². The van der Waals surface area contributed by atoms with Crippen LogP contribution >= 0.6 is 15.9 Å². The first-order valence-corrected chi connectivity index (χ1v) is 7.88. The molecule has 0 fully saturated rings. The van der Waals surface area contributed by atoms with E-state index >= 15 is 0 Å². The lowest BCUT2D eigenvalue weighted by Gasteiger charge is -2.18. The number of rotatable bonds is 1. The number of benzene rings is 1. The fourth-order valence-corrected chi connectivity index (χ4v) is 4.05. The van der Waals surface area contributed by atoms with Crippen molar-refractivity contribution in [3.63, 3.8) is 0 Å². The molecule has 0 saturated carbocycles. The molecule has 2 heterocycles. The van der Waals surface area contributed by atoms with Gasteiger partial charge in [-0.2, -0.15) is 0 Å². The van der Waals surface area contributed by atoms with Gasteiger partial charge in [-0.3, -0.25) is 4.79 Å². The third-order valence-corrected chi connectivity index (χ3v) is 5.05. The summed E-state index contributed by atoms with van der Waals surface area (Å²) in [6.07, 6.45) is 6.61. The van der Waals surface area contributed by atoms with Crippen molar-refractivity contribution in [3.05, 3.63) is 50.8 Å². The van der Waals surface area contributed by atoms with Crippen LogP contribution in [0.15, 0.2) is 22.7 Å². The van der Waals surface area contributed by atoms with Crippen LogP contribution in [-0.2, 0) is 13.0 Å². The second kappa shape index (κ2) is 4.44. The number of carbonyl (C=O) groups is 1. The second-order valence-electron chi connectivity index (χ2n) is 5.58. The van der Waals surface area contributed by atoms with Gasteiger partial charge in [0.25, 0.3) is 5.91 Å². The minimum atomic E-state index is -0.268. The van der Waals surface area contributed by atoms with E-state index in [1.807, 2.05) is 19.1 Å². The molecule has 1 aromatic carbocycles. The average Bonchev–Trinajstić information content (AvgIpc) is 3.01. The molecule has 21 heavy (non-hydrogen) atoms. The highest BCUT2D eigenvalue weighted by molar-refractivity contribution is 9.11. The molecular formula is C16H14BrFN2O. The Kier molecular flexibility index (Phi) is 2.76. The van der Waals surface area contributed by atoms with Crippen LogP contribution < -0.4 is 10.6 Å². The molecule has 4 rings (SSSR count). The highest BCUT2D eigenvalue weighted by Crippen LogP contribution is 2.47.